The highest BCUT2D eigenvalue weighted by molar-refractivity contribution is 5.79. The molecule has 0 fully saturated rings. The van der Waals surface area contributed by atoms with Crippen LogP contribution in [-0.2, 0) is 0 Å². The summed E-state index contributed by atoms with van der Waals surface area (Å²) in [5.74, 6) is 0.702. The summed E-state index contributed by atoms with van der Waals surface area (Å²) in [4.78, 5) is 9.91. The van der Waals surface area contributed by atoms with Crippen molar-refractivity contribution < 1.29 is 0 Å². The lowest BCUT2D eigenvalue weighted by Gasteiger charge is -2.11. The number of benzene rings is 3. The molecule has 0 radical (unpaired) electrons. The normalized spacial score (nSPS) is 12.3. The molecular formula is C36H32N2. The summed E-state index contributed by atoms with van der Waals surface area (Å²) in [5, 5.41) is 0. The van der Waals surface area contributed by atoms with Gasteiger partial charge in [0.25, 0.3) is 0 Å². The first-order valence-electron chi connectivity index (χ1n) is 12.7. The van der Waals surface area contributed by atoms with Crippen LogP contribution in [0.4, 0.5) is 0 Å². The summed E-state index contributed by atoms with van der Waals surface area (Å²) in [6.45, 7) is 11.7. The summed E-state index contributed by atoms with van der Waals surface area (Å²) < 4.78 is 0. The Hall–Kier alpha value is -4.82. The quantitative estimate of drug-likeness (QED) is 0.217. The van der Waals surface area contributed by atoms with Gasteiger partial charge < -0.3 is 0 Å². The molecule has 186 valence electrons. The standard InChI is InChI=1S/C36H32N2/c1-5-12-27(13-6-2)29-18-22-31(23-19-29)34-26-35(38-36(37-34)33-16-10-9-11-17-33)32-24-20-30(21-25-32)28(14-7-3)15-8-4/h5-26H,1,3H2,2,4H3/b13-6-,15-8-,27-12+,28-14+. The second-order valence-electron chi connectivity index (χ2n) is 8.70. The van der Waals surface area contributed by atoms with Gasteiger partial charge in [-0.15, -0.1) is 0 Å². The Morgan fingerprint density at radius 3 is 1.42 bits per heavy atom. The molecule has 0 unspecified atom stereocenters. The third-order valence-corrected chi connectivity index (χ3v) is 6.07. The SMILES string of the molecule is C=C/C=C(\C=C/C)c1ccc(-c2cc(-c3ccc(C(/C=C\C)=C/C=C)cc3)nc(-c3ccccc3)n2)cc1. The average molecular weight is 493 g/mol. The van der Waals surface area contributed by atoms with Crippen LogP contribution < -0.4 is 0 Å². The first kappa shape index (κ1) is 26.2. The minimum absolute atomic E-state index is 0.702. The zero-order valence-corrected chi connectivity index (χ0v) is 22.0. The highest BCUT2D eigenvalue weighted by atomic mass is 14.9. The molecule has 0 atom stereocenters. The van der Waals surface area contributed by atoms with Crippen molar-refractivity contribution >= 4 is 11.1 Å². The maximum absolute atomic E-state index is 4.96. The van der Waals surface area contributed by atoms with Crippen molar-refractivity contribution in [2.24, 2.45) is 0 Å². The number of hydrogen-bond donors (Lipinski definition) is 0. The first-order valence-corrected chi connectivity index (χ1v) is 12.7. The summed E-state index contributed by atoms with van der Waals surface area (Å²) in [5.41, 5.74) is 9.31. The van der Waals surface area contributed by atoms with Gasteiger partial charge in [-0.05, 0) is 42.2 Å². The molecule has 0 bridgehead atoms. The van der Waals surface area contributed by atoms with Crippen LogP contribution in [0.2, 0.25) is 0 Å². The van der Waals surface area contributed by atoms with E-state index in [2.05, 4.69) is 79.9 Å². The highest BCUT2D eigenvalue weighted by Crippen LogP contribution is 2.29. The van der Waals surface area contributed by atoms with Crippen LogP contribution in [-0.4, -0.2) is 9.97 Å². The number of rotatable bonds is 9. The second kappa shape index (κ2) is 12.9. The maximum Gasteiger partial charge on any atom is 0.160 e. The van der Waals surface area contributed by atoms with Gasteiger partial charge in [0.2, 0.25) is 0 Å². The second-order valence-corrected chi connectivity index (χ2v) is 8.70. The Morgan fingerprint density at radius 2 is 1.03 bits per heavy atom. The van der Waals surface area contributed by atoms with E-state index in [9.17, 15) is 0 Å². The third-order valence-electron chi connectivity index (χ3n) is 6.07. The van der Waals surface area contributed by atoms with Crippen molar-refractivity contribution in [3.63, 3.8) is 0 Å². The van der Waals surface area contributed by atoms with Crippen molar-refractivity contribution in [3.8, 4) is 33.9 Å². The molecule has 0 N–H and O–H groups in total. The molecule has 3 aromatic carbocycles. The molecule has 0 amide bonds. The van der Waals surface area contributed by atoms with E-state index in [0.717, 1.165) is 50.4 Å². The van der Waals surface area contributed by atoms with E-state index < -0.39 is 0 Å². The fourth-order valence-electron chi connectivity index (χ4n) is 4.24. The summed E-state index contributed by atoms with van der Waals surface area (Å²) in [6.07, 6.45) is 15.9. The lowest BCUT2D eigenvalue weighted by atomic mass is 9.99. The van der Waals surface area contributed by atoms with E-state index in [1.54, 1.807) is 0 Å². The third kappa shape index (κ3) is 6.29. The maximum atomic E-state index is 4.96. The van der Waals surface area contributed by atoms with E-state index in [1.165, 1.54) is 0 Å². The van der Waals surface area contributed by atoms with Gasteiger partial charge >= 0.3 is 0 Å². The molecule has 0 aliphatic heterocycles. The van der Waals surface area contributed by atoms with Crippen LogP contribution in [0, 0.1) is 0 Å². The lowest BCUT2D eigenvalue weighted by molar-refractivity contribution is 1.18. The molecule has 38 heavy (non-hydrogen) atoms. The van der Waals surface area contributed by atoms with E-state index in [4.69, 9.17) is 9.97 Å². The van der Waals surface area contributed by atoms with E-state index in [-0.39, 0.29) is 0 Å². The molecule has 2 heteroatoms. The average Bonchev–Trinajstić information content (AvgIpc) is 2.97. The summed E-state index contributed by atoms with van der Waals surface area (Å²) in [6, 6.07) is 29.1. The molecule has 1 heterocycles. The Kier molecular flexibility index (Phi) is 8.93. The van der Waals surface area contributed by atoms with Gasteiger partial charge in [-0.25, -0.2) is 9.97 Å². The van der Waals surface area contributed by atoms with Crippen LogP contribution in [0.25, 0.3) is 45.0 Å². The highest BCUT2D eigenvalue weighted by Gasteiger charge is 2.11. The Morgan fingerprint density at radius 1 is 0.579 bits per heavy atom. The summed E-state index contributed by atoms with van der Waals surface area (Å²) in [7, 11) is 0. The van der Waals surface area contributed by atoms with E-state index in [0.29, 0.717) is 5.82 Å². The lowest BCUT2D eigenvalue weighted by Crippen LogP contribution is -1.96. The van der Waals surface area contributed by atoms with Gasteiger partial charge in [0.05, 0.1) is 11.4 Å². The molecule has 1 aromatic heterocycles. The van der Waals surface area contributed by atoms with Crippen molar-refractivity contribution in [1.29, 1.82) is 0 Å². The molecule has 0 spiro atoms. The largest absolute Gasteiger partial charge is 0.228 e. The van der Waals surface area contributed by atoms with Gasteiger partial charge in [0.1, 0.15) is 0 Å². The van der Waals surface area contributed by atoms with Crippen LogP contribution in [0.15, 0.2) is 147 Å². The van der Waals surface area contributed by atoms with Crippen LogP contribution >= 0.6 is 0 Å². The molecule has 4 rings (SSSR count). The van der Waals surface area contributed by atoms with Gasteiger partial charge in [-0.1, -0.05) is 141 Å². The van der Waals surface area contributed by atoms with E-state index in [1.807, 2.05) is 80.6 Å². The van der Waals surface area contributed by atoms with Crippen molar-refractivity contribution in [1.82, 2.24) is 9.97 Å². The minimum atomic E-state index is 0.702. The number of nitrogens with zero attached hydrogens (tertiary/aromatic N) is 2. The van der Waals surface area contributed by atoms with Gasteiger partial charge in [0.15, 0.2) is 5.82 Å². The molecular weight excluding hydrogens is 460 g/mol. The van der Waals surface area contributed by atoms with Crippen LogP contribution in [0.1, 0.15) is 25.0 Å². The summed E-state index contributed by atoms with van der Waals surface area (Å²) >= 11 is 0. The Labute approximate surface area is 226 Å². The van der Waals surface area contributed by atoms with Crippen LogP contribution in [0.3, 0.4) is 0 Å². The number of hydrogen-bond acceptors (Lipinski definition) is 2. The molecule has 0 saturated carbocycles. The zero-order chi connectivity index (χ0) is 26.7. The fraction of sp³-hybridized carbons (Fsp3) is 0.0556. The Bertz CT molecular complexity index is 1420. The van der Waals surface area contributed by atoms with Gasteiger partial charge in [-0.3, -0.25) is 0 Å². The topological polar surface area (TPSA) is 25.8 Å². The predicted molar refractivity (Wildman–Crippen MR) is 164 cm³/mol. The van der Waals surface area contributed by atoms with E-state index >= 15 is 0 Å². The molecule has 0 aliphatic rings. The Balaban J connectivity index is 1.79. The zero-order valence-electron chi connectivity index (χ0n) is 22.0. The van der Waals surface area contributed by atoms with Gasteiger partial charge in [-0.2, -0.15) is 0 Å². The number of aromatic nitrogens is 2. The molecule has 0 aliphatic carbocycles. The molecule has 4 aromatic rings. The van der Waals surface area contributed by atoms with Crippen molar-refractivity contribution in [3.05, 3.63) is 158 Å². The van der Waals surface area contributed by atoms with Gasteiger partial charge in [0, 0.05) is 16.7 Å². The predicted octanol–water partition coefficient (Wildman–Crippen LogP) is 9.77. The van der Waals surface area contributed by atoms with Crippen molar-refractivity contribution in [2.75, 3.05) is 0 Å². The van der Waals surface area contributed by atoms with Crippen molar-refractivity contribution in [2.45, 2.75) is 13.8 Å². The smallest absolute Gasteiger partial charge is 0.160 e. The van der Waals surface area contributed by atoms with Crippen LogP contribution in [0.5, 0.6) is 0 Å². The molecule has 2 nitrogen and oxygen atoms in total. The molecule has 0 saturated heterocycles. The first-order chi connectivity index (χ1) is 18.7. The number of allylic oxidation sites excluding steroid dienone is 10. The monoisotopic (exact) mass is 492 g/mol. The fourth-order valence-corrected chi connectivity index (χ4v) is 4.24. The minimum Gasteiger partial charge on any atom is -0.228 e.